The number of ether oxygens (including phenoxy) is 1. The summed E-state index contributed by atoms with van der Waals surface area (Å²) in [4.78, 5) is 2.66. The van der Waals surface area contributed by atoms with Crippen LogP contribution in [-0.4, -0.2) is 36.1 Å². The summed E-state index contributed by atoms with van der Waals surface area (Å²) in [6.07, 6.45) is 1.54. The molecule has 1 heterocycles. The van der Waals surface area contributed by atoms with E-state index in [0.29, 0.717) is 11.4 Å². The number of rotatable bonds is 5. The van der Waals surface area contributed by atoms with Crippen molar-refractivity contribution in [2.24, 2.45) is 5.73 Å². The summed E-state index contributed by atoms with van der Waals surface area (Å²) < 4.78 is 18.8. The second kappa shape index (κ2) is 5.63. The van der Waals surface area contributed by atoms with Crippen molar-refractivity contribution in [3.63, 3.8) is 0 Å². The van der Waals surface area contributed by atoms with Crippen LogP contribution in [0.3, 0.4) is 0 Å². The first-order valence-electron chi connectivity index (χ1n) is 5.96. The maximum absolute atomic E-state index is 13.1. The lowest BCUT2D eigenvalue weighted by Crippen LogP contribution is -2.33. The topological polar surface area (TPSA) is 38.5 Å². The minimum Gasteiger partial charge on any atom is -0.488 e. The molecule has 0 spiro atoms. The van der Waals surface area contributed by atoms with Crippen molar-refractivity contribution >= 4 is 17.2 Å². The molecule has 1 aromatic rings. The lowest BCUT2D eigenvalue weighted by Gasteiger charge is -2.20. The van der Waals surface area contributed by atoms with Gasteiger partial charge in [0.2, 0.25) is 0 Å². The average molecular weight is 268 g/mol. The monoisotopic (exact) mass is 268 g/mol. The van der Waals surface area contributed by atoms with Gasteiger partial charge in [0, 0.05) is 31.5 Å². The number of nitrogens with zero attached hydrogens (tertiary/aromatic N) is 1. The lowest BCUT2D eigenvalue weighted by molar-refractivity contribution is 0.171. The first-order valence-corrected chi connectivity index (χ1v) is 6.37. The van der Waals surface area contributed by atoms with Crippen LogP contribution in [0.1, 0.15) is 12.0 Å². The fourth-order valence-electron chi connectivity index (χ4n) is 2.13. The molecule has 1 unspecified atom stereocenters. The van der Waals surface area contributed by atoms with Crippen molar-refractivity contribution in [3.05, 3.63) is 29.6 Å². The van der Waals surface area contributed by atoms with E-state index in [2.05, 4.69) is 4.90 Å². The molecule has 0 aromatic heterocycles. The van der Waals surface area contributed by atoms with Crippen molar-refractivity contribution in [3.8, 4) is 5.75 Å². The third-order valence-corrected chi connectivity index (χ3v) is 3.22. The molecule has 2 rings (SSSR count). The standard InChI is InChI=1S/C13H17FN2OS/c1-16(5-4-13(15)18)8-11-7-9-6-10(14)2-3-12(9)17-11/h2-3,6,11H,4-5,7-8H2,1H3,(H2,15,18). The Morgan fingerprint density at radius 1 is 1.61 bits per heavy atom. The van der Waals surface area contributed by atoms with Crippen LogP contribution in [0.4, 0.5) is 4.39 Å². The zero-order chi connectivity index (χ0) is 13.1. The van der Waals surface area contributed by atoms with Gasteiger partial charge in [0.25, 0.3) is 0 Å². The van der Waals surface area contributed by atoms with Gasteiger partial charge in [0.05, 0.1) is 4.99 Å². The van der Waals surface area contributed by atoms with Gasteiger partial charge in [-0.15, -0.1) is 0 Å². The normalized spacial score (nSPS) is 17.6. The SMILES string of the molecule is CN(CCC(N)=S)CC1Cc2cc(F)ccc2O1. The van der Waals surface area contributed by atoms with E-state index in [0.717, 1.165) is 30.8 Å². The van der Waals surface area contributed by atoms with E-state index in [-0.39, 0.29) is 11.9 Å². The van der Waals surface area contributed by atoms with Crippen LogP contribution in [0.15, 0.2) is 18.2 Å². The summed E-state index contributed by atoms with van der Waals surface area (Å²) >= 11 is 4.85. The smallest absolute Gasteiger partial charge is 0.123 e. The van der Waals surface area contributed by atoms with Gasteiger partial charge >= 0.3 is 0 Å². The Bertz CT molecular complexity index is 453. The number of halogens is 1. The van der Waals surface area contributed by atoms with E-state index in [9.17, 15) is 4.39 Å². The molecule has 2 N–H and O–H groups in total. The lowest BCUT2D eigenvalue weighted by atomic mass is 10.1. The van der Waals surface area contributed by atoms with Gasteiger partial charge in [0.15, 0.2) is 0 Å². The van der Waals surface area contributed by atoms with Crippen LogP contribution in [0.5, 0.6) is 5.75 Å². The average Bonchev–Trinajstić information content (AvgIpc) is 2.67. The quantitative estimate of drug-likeness (QED) is 0.826. The van der Waals surface area contributed by atoms with Crippen molar-refractivity contribution in [1.82, 2.24) is 4.90 Å². The highest BCUT2D eigenvalue weighted by Gasteiger charge is 2.24. The number of fused-ring (bicyclic) bond motifs is 1. The van der Waals surface area contributed by atoms with Crippen LogP contribution in [0, 0.1) is 5.82 Å². The summed E-state index contributed by atoms with van der Waals surface area (Å²) in [7, 11) is 2.01. The molecule has 1 aliphatic heterocycles. The summed E-state index contributed by atoms with van der Waals surface area (Å²) in [6.45, 7) is 1.61. The van der Waals surface area contributed by atoms with Crippen LogP contribution in [0.2, 0.25) is 0 Å². The highest BCUT2D eigenvalue weighted by Crippen LogP contribution is 2.29. The number of likely N-dealkylation sites (N-methyl/N-ethyl adjacent to an activating group) is 1. The number of hydrogen-bond donors (Lipinski definition) is 1. The van der Waals surface area contributed by atoms with E-state index < -0.39 is 0 Å². The van der Waals surface area contributed by atoms with E-state index >= 15 is 0 Å². The molecule has 0 amide bonds. The summed E-state index contributed by atoms with van der Waals surface area (Å²) in [5.74, 6) is 0.587. The largest absolute Gasteiger partial charge is 0.488 e. The Morgan fingerprint density at radius 2 is 2.39 bits per heavy atom. The molecule has 1 aliphatic rings. The number of benzene rings is 1. The molecule has 0 fully saturated rings. The van der Waals surface area contributed by atoms with Crippen LogP contribution in [-0.2, 0) is 6.42 Å². The fraction of sp³-hybridized carbons (Fsp3) is 0.462. The molecule has 0 aliphatic carbocycles. The maximum Gasteiger partial charge on any atom is 0.123 e. The Kier molecular flexibility index (Phi) is 4.14. The number of thiocarbonyl (C=S) groups is 1. The molecular formula is C13H17FN2OS. The first kappa shape index (κ1) is 13.2. The Balaban J connectivity index is 1.85. The second-order valence-corrected chi connectivity index (χ2v) is 5.20. The minimum atomic E-state index is -0.208. The van der Waals surface area contributed by atoms with Gasteiger partial charge in [0.1, 0.15) is 17.7 Å². The Morgan fingerprint density at radius 3 is 3.11 bits per heavy atom. The number of hydrogen-bond acceptors (Lipinski definition) is 3. The third kappa shape index (κ3) is 3.40. The highest BCUT2D eigenvalue weighted by atomic mass is 32.1. The minimum absolute atomic E-state index is 0.0816. The van der Waals surface area contributed by atoms with E-state index in [1.165, 1.54) is 6.07 Å². The zero-order valence-corrected chi connectivity index (χ0v) is 11.2. The Hall–Kier alpha value is -1.20. The van der Waals surface area contributed by atoms with E-state index in [4.69, 9.17) is 22.7 Å². The predicted octanol–water partition coefficient (Wildman–Crippen LogP) is 1.74. The Labute approximate surface area is 112 Å². The summed E-state index contributed by atoms with van der Waals surface area (Å²) in [6, 6.07) is 4.67. The van der Waals surface area contributed by atoms with Gasteiger partial charge in [-0.2, -0.15) is 0 Å². The van der Waals surface area contributed by atoms with Gasteiger partial charge in [-0.25, -0.2) is 4.39 Å². The summed E-state index contributed by atoms with van der Waals surface area (Å²) in [5, 5.41) is 0. The van der Waals surface area contributed by atoms with E-state index in [1.807, 2.05) is 7.05 Å². The molecule has 0 radical (unpaired) electrons. The van der Waals surface area contributed by atoms with Crippen molar-refractivity contribution in [2.45, 2.75) is 18.9 Å². The molecule has 5 heteroatoms. The van der Waals surface area contributed by atoms with Crippen LogP contribution < -0.4 is 10.5 Å². The van der Waals surface area contributed by atoms with Gasteiger partial charge in [-0.05, 0) is 25.2 Å². The molecule has 18 heavy (non-hydrogen) atoms. The molecule has 3 nitrogen and oxygen atoms in total. The number of nitrogens with two attached hydrogens (primary N) is 1. The van der Waals surface area contributed by atoms with Crippen molar-refractivity contribution in [1.29, 1.82) is 0 Å². The zero-order valence-electron chi connectivity index (χ0n) is 10.4. The molecule has 98 valence electrons. The maximum atomic E-state index is 13.1. The van der Waals surface area contributed by atoms with Gasteiger partial charge in [-0.1, -0.05) is 12.2 Å². The molecule has 0 saturated heterocycles. The molecule has 1 atom stereocenters. The predicted molar refractivity (Wildman–Crippen MR) is 73.4 cm³/mol. The summed E-state index contributed by atoms with van der Waals surface area (Å²) in [5.41, 5.74) is 6.41. The van der Waals surface area contributed by atoms with Crippen LogP contribution >= 0.6 is 12.2 Å². The molecule has 1 aromatic carbocycles. The first-order chi connectivity index (χ1) is 8.54. The molecular weight excluding hydrogens is 251 g/mol. The van der Waals surface area contributed by atoms with Crippen molar-refractivity contribution in [2.75, 3.05) is 20.1 Å². The molecule has 0 bridgehead atoms. The van der Waals surface area contributed by atoms with Gasteiger partial charge < -0.3 is 15.4 Å². The fourth-order valence-corrected chi connectivity index (χ4v) is 2.22. The second-order valence-electron chi connectivity index (χ2n) is 4.67. The third-order valence-electron chi connectivity index (χ3n) is 3.02. The van der Waals surface area contributed by atoms with Gasteiger partial charge in [-0.3, -0.25) is 0 Å². The highest BCUT2D eigenvalue weighted by molar-refractivity contribution is 7.80. The van der Waals surface area contributed by atoms with Crippen molar-refractivity contribution < 1.29 is 9.13 Å². The molecule has 0 saturated carbocycles. The van der Waals surface area contributed by atoms with E-state index in [1.54, 1.807) is 12.1 Å². The van der Waals surface area contributed by atoms with Crippen LogP contribution in [0.25, 0.3) is 0 Å².